The predicted octanol–water partition coefficient (Wildman–Crippen LogP) is 3.70. The average molecular weight is 510 g/mol. The normalized spacial score (nSPS) is 16.5. The van der Waals surface area contributed by atoms with Gasteiger partial charge in [-0.3, -0.25) is 0 Å². The zero-order valence-electron chi connectivity index (χ0n) is 15.7. The van der Waals surface area contributed by atoms with Gasteiger partial charge in [0.05, 0.1) is 21.4 Å². The number of aromatic hydroxyl groups is 1. The average Bonchev–Trinajstić information content (AvgIpc) is 3.23. The fourth-order valence-corrected chi connectivity index (χ4v) is 6.37. The van der Waals surface area contributed by atoms with Crippen LogP contribution in [0.1, 0.15) is 13.8 Å². The van der Waals surface area contributed by atoms with Gasteiger partial charge in [-0.2, -0.15) is 4.31 Å². The number of benzene rings is 1. The molecule has 30 heavy (non-hydrogen) atoms. The quantitative estimate of drug-likeness (QED) is 0.545. The summed E-state index contributed by atoms with van der Waals surface area (Å²) in [5, 5.41) is 18.1. The highest BCUT2D eigenvalue weighted by Crippen LogP contribution is 2.39. The maximum absolute atomic E-state index is 12.7. The first-order valence-corrected chi connectivity index (χ1v) is 12.7. The van der Waals surface area contributed by atoms with Crippen LogP contribution in [0.15, 0.2) is 36.6 Å². The van der Waals surface area contributed by atoms with E-state index in [9.17, 15) is 17.7 Å². The Bertz CT molecular complexity index is 1160. The Kier molecular flexibility index (Phi) is 7.05. The van der Waals surface area contributed by atoms with E-state index in [-0.39, 0.29) is 39.7 Å². The lowest BCUT2D eigenvalue weighted by atomic mass is 10.3. The summed E-state index contributed by atoms with van der Waals surface area (Å²) in [5.41, 5.74) is 0.505. The van der Waals surface area contributed by atoms with Gasteiger partial charge < -0.3 is 15.7 Å². The Morgan fingerprint density at radius 2 is 1.73 bits per heavy atom. The summed E-state index contributed by atoms with van der Waals surface area (Å²) in [4.78, 5) is 0. The van der Waals surface area contributed by atoms with Crippen molar-refractivity contribution in [1.29, 1.82) is 0 Å². The topological polar surface area (TPSA) is 123 Å². The molecule has 0 aliphatic carbocycles. The Morgan fingerprint density at radius 3 is 2.33 bits per heavy atom. The van der Waals surface area contributed by atoms with E-state index in [2.05, 4.69) is 19.4 Å². The Labute approximate surface area is 190 Å². The van der Waals surface area contributed by atoms with Crippen LogP contribution in [0.4, 0.5) is 11.4 Å². The van der Waals surface area contributed by atoms with E-state index in [1.807, 2.05) is 0 Å². The van der Waals surface area contributed by atoms with Gasteiger partial charge in [-0.15, -0.1) is 20.1 Å². The molecule has 14 heteroatoms. The van der Waals surface area contributed by atoms with E-state index in [0.717, 1.165) is 11.3 Å². The summed E-state index contributed by atoms with van der Waals surface area (Å²) >= 11 is 11.1. The molecular weight excluding hydrogens is 493 g/mol. The fraction of sp³-hybridized carbons (Fsp3) is 0.250. The highest BCUT2D eigenvalue weighted by Gasteiger charge is 2.30. The molecule has 1 unspecified atom stereocenters. The van der Waals surface area contributed by atoms with Gasteiger partial charge in [-0.05, 0) is 12.1 Å². The second-order valence-corrected chi connectivity index (χ2v) is 10.5. The fourth-order valence-electron chi connectivity index (χ4n) is 2.57. The number of hydrogen-bond acceptors (Lipinski definition) is 7. The first kappa shape index (κ1) is 23.0. The van der Waals surface area contributed by atoms with Gasteiger partial charge in [0, 0.05) is 18.5 Å². The van der Waals surface area contributed by atoms with E-state index in [0.29, 0.717) is 10.7 Å². The van der Waals surface area contributed by atoms with Crippen molar-refractivity contribution in [2.75, 3.05) is 23.7 Å². The number of nitrogens with zero attached hydrogens (tertiary/aromatic N) is 3. The van der Waals surface area contributed by atoms with Gasteiger partial charge in [-0.25, -0.2) is 12.6 Å². The number of anilines is 2. The summed E-state index contributed by atoms with van der Waals surface area (Å²) in [5.74, 6) is -0.312. The molecule has 3 rings (SSSR count). The minimum atomic E-state index is -3.84. The van der Waals surface area contributed by atoms with Crippen molar-refractivity contribution in [3.63, 3.8) is 0 Å². The lowest BCUT2D eigenvalue weighted by molar-refractivity contribution is 0.434. The van der Waals surface area contributed by atoms with E-state index < -0.39 is 26.9 Å². The Morgan fingerprint density at radius 1 is 1.13 bits per heavy atom. The van der Waals surface area contributed by atoms with E-state index in [1.165, 1.54) is 9.69 Å². The molecule has 1 aromatic heterocycles. The third kappa shape index (κ3) is 4.48. The number of sulfonamides is 1. The van der Waals surface area contributed by atoms with Crippen LogP contribution < -0.4 is 10.6 Å². The third-order valence-electron chi connectivity index (χ3n) is 4.03. The molecule has 0 bridgehead atoms. The van der Waals surface area contributed by atoms with Gasteiger partial charge in [0.2, 0.25) is 0 Å². The predicted molar refractivity (Wildman–Crippen MR) is 123 cm³/mol. The lowest BCUT2D eigenvalue weighted by Gasteiger charge is -2.17. The van der Waals surface area contributed by atoms with Crippen molar-refractivity contribution in [2.24, 2.45) is 8.80 Å². The SMILES string of the molecule is CCN(CC)S(=O)(=O)c1scc(NC2=NS(=O)N=C2Nc2cccc(Cl)c2Cl)c1O. The number of halogens is 2. The van der Waals surface area contributed by atoms with Crippen molar-refractivity contribution in [1.82, 2.24) is 4.31 Å². The van der Waals surface area contributed by atoms with Crippen LogP contribution in [0.2, 0.25) is 10.0 Å². The highest BCUT2D eigenvalue weighted by atomic mass is 35.5. The monoisotopic (exact) mass is 509 g/mol. The Hall–Kier alpha value is -1.70. The van der Waals surface area contributed by atoms with E-state index in [4.69, 9.17) is 23.2 Å². The number of rotatable bonds is 6. The van der Waals surface area contributed by atoms with Gasteiger partial charge in [0.15, 0.2) is 21.6 Å². The largest absolute Gasteiger partial charge is 0.504 e. The van der Waals surface area contributed by atoms with Crippen LogP contribution in [0, 0.1) is 0 Å². The number of hydrogen-bond donors (Lipinski definition) is 3. The lowest BCUT2D eigenvalue weighted by Crippen LogP contribution is -2.30. The van der Waals surface area contributed by atoms with Crippen LogP contribution in [-0.2, 0) is 21.2 Å². The zero-order valence-corrected chi connectivity index (χ0v) is 19.7. The molecule has 1 atom stereocenters. The second-order valence-electron chi connectivity index (χ2n) is 5.84. The van der Waals surface area contributed by atoms with Crippen molar-refractivity contribution < 1.29 is 17.7 Å². The van der Waals surface area contributed by atoms with Crippen molar-refractivity contribution >= 4 is 78.8 Å². The zero-order chi connectivity index (χ0) is 22.1. The van der Waals surface area contributed by atoms with E-state index in [1.54, 1.807) is 32.0 Å². The molecule has 1 aliphatic heterocycles. The summed E-state index contributed by atoms with van der Waals surface area (Å²) in [6.45, 7) is 3.96. The van der Waals surface area contributed by atoms with Gasteiger partial charge in [0.1, 0.15) is 0 Å². The number of amidine groups is 2. The van der Waals surface area contributed by atoms with Crippen LogP contribution >= 0.6 is 34.5 Å². The first-order valence-electron chi connectivity index (χ1n) is 8.57. The van der Waals surface area contributed by atoms with Crippen LogP contribution in [-0.4, -0.2) is 46.8 Å². The smallest absolute Gasteiger partial charge is 0.269 e. The summed E-state index contributed by atoms with van der Waals surface area (Å²) in [6.07, 6.45) is 0. The van der Waals surface area contributed by atoms with Crippen molar-refractivity contribution in [3.05, 3.63) is 33.6 Å². The van der Waals surface area contributed by atoms with Crippen LogP contribution in [0.25, 0.3) is 0 Å². The molecule has 0 saturated carbocycles. The maximum Gasteiger partial charge on any atom is 0.269 e. The molecule has 0 fully saturated rings. The molecule has 0 amide bonds. The molecule has 2 aromatic rings. The minimum Gasteiger partial charge on any atom is -0.504 e. The Balaban J connectivity index is 1.87. The molecule has 0 radical (unpaired) electrons. The molecule has 3 N–H and O–H groups in total. The molecule has 0 spiro atoms. The number of nitrogens with one attached hydrogen (secondary N) is 2. The van der Waals surface area contributed by atoms with E-state index >= 15 is 0 Å². The number of thiophene rings is 1. The molecule has 1 aromatic carbocycles. The molecule has 9 nitrogen and oxygen atoms in total. The molecule has 0 saturated heterocycles. The van der Waals surface area contributed by atoms with Gasteiger partial charge in [-0.1, -0.05) is 43.1 Å². The van der Waals surface area contributed by atoms with Gasteiger partial charge in [0.25, 0.3) is 21.2 Å². The standard InChI is InChI=1S/C16H17Cl2N5O4S3/c1-3-23(4-2)30(26,27)16-13(24)11(8-28-16)20-15-14(21-29(25)22-15)19-10-7-5-6-9(17)12(10)18/h5-8,24H,3-4H2,1-2H3,(H,19,21)(H,20,22). The first-order chi connectivity index (χ1) is 14.2. The van der Waals surface area contributed by atoms with Crippen molar-refractivity contribution in [3.8, 4) is 5.75 Å². The summed E-state index contributed by atoms with van der Waals surface area (Å²) < 4.78 is 46.0. The van der Waals surface area contributed by atoms with Crippen molar-refractivity contribution in [2.45, 2.75) is 18.1 Å². The molecule has 162 valence electrons. The van der Waals surface area contributed by atoms with Gasteiger partial charge >= 0.3 is 0 Å². The minimum absolute atomic E-state index is 0.0456. The molecule has 1 aliphatic rings. The second kappa shape index (κ2) is 9.20. The third-order valence-corrected chi connectivity index (χ3v) is 9.07. The summed E-state index contributed by atoms with van der Waals surface area (Å²) in [7, 11) is -3.84. The van der Waals surface area contributed by atoms with Crippen LogP contribution in [0.5, 0.6) is 5.75 Å². The van der Waals surface area contributed by atoms with Crippen LogP contribution in [0.3, 0.4) is 0 Å². The maximum atomic E-state index is 12.7. The molecule has 2 heterocycles. The highest BCUT2D eigenvalue weighted by molar-refractivity contribution is 7.91. The molecular formula is C16H17Cl2N5O4S3. The summed E-state index contributed by atoms with van der Waals surface area (Å²) in [6, 6.07) is 4.92.